The molecule has 2 amide bonds. The van der Waals surface area contributed by atoms with E-state index in [4.69, 9.17) is 9.47 Å². The molecule has 8 nitrogen and oxygen atoms in total. The first-order valence-electron chi connectivity index (χ1n) is 10.6. The van der Waals surface area contributed by atoms with Crippen molar-refractivity contribution in [2.24, 2.45) is 0 Å². The normalized spacial score (nSPS) is 10.8. The number of carbonyl (C=O) groups excluding carboxylic acids is 2. The molecule has 0 unspecified atom stereocenters. The molecule has 0 saturated carbocycles. The van der Waals surface area contributed by atoms with Gasteiger partial charge in [0.25, 0.3) is 0 Å². The molecule has 32 heavy (non-hydrogen) atoms. The first kappa shape index (κ1) is 25.5. The zero-order chi connectivity index (χ0) is 23.5. The van der Waals surface area contributed by atoms with Crippen LogP contribution in [-0.4, -0.2) is 42.6 Å². The molecule has 1 aromatic carbocycles. The van der Waals surface area contributed by atoms with Crippen molar-refractivity contribution in [3.05, 3.63) is 40.7 Å². The van der Waals surface area contributed by atoms with Crippen molar-refractivity contribution in [3.8, 4) is 5.88 Å². The molecule has 2 aromatic rings. The van der Waals surface area contributed by atoms with Crippen LogP contribution in [0.4, 0.5) is 14.2 Å². The maximum Gasteiger partial charge on any atom is 0.346 e. The van der Waals surface area contributed by atoms with Gasteiger partial charge >= 0.3 is 12.0 Å². The number of rotatable bonds is 12. The van der Waals surface area contributed by atoms with Crippen molar-refractivity contribution in [2.75, 3.05) is 25.5 Å². The molecule has 0 aliphatic carbocycles. The molecule has 1 aromatic heterocycles. The van der Waals surface area contributed by atoms with Crippen molar-refractivity contribution < 1.29 is 23.5 Å². The molecule has 3 N–H and O–H groups in total. The minimum atomic E-state index is -0.703. The number of halogens is 1. The number of aromatic nitrogens is 1. The highest BCUT2D eigenvalue weighted by molar-refractivity contribution is 7.11. The summed E-state index contributed by atoms with van der Waals surface area (Å²) in [6, 6.07) is 4.80. The van der Waals surface area contributed by atoms with Crippen molar-refractivity contribution in [1.29, 1.82) is 0 Å². The number of nitrogens with one attached hydrogen (secondary N) is 3. The largest absolute Gasteiger partial charge is 0.471 e. The van der Waals surface area contributed by atoms with E-state index < -0.39 is 17.8 Å². The number of esters is 1. The van der Waals surface area contributed by atoms with Gasteiger partial charge in [-0.2, -0.15) is 4.37 Å². The highest BCUT2D eigenvalue weighted by Crippen LogP contribution is 2.32. The number of aryl methyl sites for hydroxylation is 1. The SMILES string of the molecule is COC(=O)c1c(OCc2ccc(C)cc2F)nsc1NC(=O)NCCCCCNC(C)C. The van der Waals surface area contributed by atoms with Gasteiger partial charge in [0.2, 0.25) is 5.88 Å². The fourth-order valence-corrected chi connectivity index (χ4v) is 3.54. The maximum atomic E-state index is 14.0. The monoisotopic (exact) mass is 466 g/mol. The van der Waals surface area contributed by atoms with E-state index in [0.29, 0.717) is 18.2 Å². The Balaban J connectivity index is 1.90. The van der Waals surface area contributed by atoms with Crippen LogP contribution >= 0.6 is 11.5 Å². The van der Waals surface area contributed by atoms with Crippen molar-refractivity contribution in [2.45, 2.75) is 52.7 Å². The van der Waals surface area contributed by atoms with Crippen LogP contribution in [0.1, 0.15) is 54.6 Å². The van der Waals surface area contributed by atoms with Gasteiger partial charge in [-0.15, -0.1) is 0 Å². The molecule has 0 radical (unpaired) electrons. The summed E-state index contributed by atoms with van der Waals surface area (Å²) in [5.74, 6) is -1.13. The number of nitrogens with zero attached hydrogens (tertiary/aromatic N) is 1. The summed E-state index contributed by atoms with van der Waals surface area (Å²) >= 11 is 0.893. The van der Waals surface area contributed by atoms with Gasteiger partial charge in [-0.3, -0.25) is 5.32 Å². The molecule has 0 bridgehead atoms. The Morgan fingerprint density at radius 2 is 1.94 bits per heavy atom. The van der Waals surface area contributed by atoms with E-state index in [1.54, 1.807) is 19.1 Å². The first-order chi connectivity index (χ1) is 15.3. The second kappa shape index (κ2) is 13.0. The lowest BCUT2D eigenvalue weighted by atomic mass is 10.1. The highest BCUT2D eigenvalue weighted by Gasteiger charge is 2.25. The lowest BCUT2D eigenvalue weighted by molar-refractivity contribution is 0.0596. The third-order valence-corrected chi connectivity index (χ3v) is 5.29. The molecule has 0 spiro atoms. The van der Waals surface area contributed by atoms with Crippen LogP contribution < -0.4 is 20.7 Å². The van der Waals surface area contributed by atoms with E-state index in [9.17, 15) is 14.0 Å². The molecule has 176 valence electrons. The molecule has 0 aliphatic rings. The van der Waals surface area contributed by atoms with E-state index in [2.05, 4.69) is 34.2 Å². The number of carbonyl (C=O) groups is 2. The fourth-order valence-electron chi connectivity index (χ4n) is 2.82. The summed E-state index contributed by atoms with van der Waals surface area (Å²) in [4.78, 5) is 24.5. The number of urea groups is 1. The summed E-state index contributed by atoms with van der Waals surface area (Å²) in [6.45, 7) is 7.34. The van der Waals surface area contributed by atoms with Gasteiger partial charge in [-0.1, -0.05) is 32.4 Å². The van der Waals surface area contributed by atoms with E-state index in [1.807, 2.05) is 0 Å². The quantitative estimate of drug-likeness (QED) is 0.319. The minimum absolute atomic E-state index is 0.0000651. The van der Waals surface area contributed by atoms with E-state index in [1.165, 1.54) is 13.2 Å². The fraction of sp³-hybridized carbons (Fsp3) is 0.500. The Morgan fingerprint density at radius 1 is 1.19 bits per heavy atom. The lowest BCUT2D eigenvalue weighted by Gasteiger charge is -2.09. The number of amides is 2. The smallest absolute Gasteiger partial charge is 0.346 e. The zero-order valence-electron chi connectivity index (χ0n) is 18.9. The average molecular weight is 467 g/mol. The van der Waals surface area contributed by atoms with Crippen molar-refractivity contribution in [3.63, 3.8) is 0 Å². The Labute approximate surface area is 192 Å². The summed E-state index contributed by atoms with van der Waals surface area (Å²) in [7, 11) is 1.22. The van der Waals surface area contributed by atoms with E-state index in [0.717, 1.165) is 42.9 Å². The van der Waals surface area contributed by atoms with Gasteiger partial charge in [-0.25, -0.2) is 14.0 Å². The Morgan fingerprint density at radius 3 is 2.62 bits per heavy atom. The number of hydrogen-bond acceptors (Lipinski definition) is 7. The molecule has 1 heterocycles. The van der Waals surface area contributed by atoms with Gasteiger partial charge in [0.05, 0.1) is 7.11 Å². The predicted octanol–water partition coefficient (Wildman–Crippen LogP) is 4.25. The van der Waals surface area contributed by atoms with Crippen LogP contribution in [0.3, 0.4) is 0 Å². The summed E-state index contributed by atoms with van der Waals surface area (Å²) in [5, 5.41) is 8.93. The van der Waals surface area contributed by atoms with Gasteiger partial charge in [-0.05, 0) is 49.5 Å². The minimum Gasteiger partial charge on any atom is -0.471 e. The van der Waals surface area contributed by atoms with Crippen LogP contribution in [0, 0.1) is 12.7 Å². The molecular weight excluding hydrogens is 435 g/mol. The molecule has 10 heteroatoms. The second-order valence-electron chi connectivity index (χ2n) is 7.62. The predicted molar refractivity (Wildman–Crippen MR) is 123 cm³/mol. The molecule has 0 atom stereocenters. The van der Waals surface area contributed by atoms with Gasteiger partial charge < -0.3 is 20.1 Å². The van der Waals surface area contributed by atoms with E-state index >= 15 is 0 Å². The number of methoxy groups -OCH3 is 1. The van der Waals surface area contributed by atoms with Gasteiger partial charge in [0.1, 0.15) is 17.4 Å². The molecular formula is C22H31FN4O4S. The third-order valence-electron chi connectivity index (χ3n) is 4.54. The van der Waals surface area contributed by atoms with Crippen LogP contribution in [0.2, 0.25) is 0 Å². The molecule has 0 saturated heterocycles. The van der Waals surface area contributed by atoms with Crippen molar-refractivity contribution in [1.82, 2.24) is 15.0 Å². The van der Waals surface area contributed by atoms with E-state index in [-0.39, 0.29) is 23.1 Å². The van der Waals surface area contributed by atoms with Crippen molar-refractivity contribution >= 4 is 28.5 Å². The Kier molecular flexibility index (Phi) is 10.4. The molecule has 2 rings (SSSR count). The van der Waals surface area contributed by atoms with Crippen LogP contribution in [0.25, 0.3) is 0 Å². The Hall–Kier alpha value is -2.72. The standard InChI is InChI=1S/C22H31FN4O4S/c1-14(2)24-10-6-5-7-11-25-22(29)26-20-18(21(28)30-4)19(27-32-20)31-13-16-9-8-15(3)12-17(16)23/h8-9,12,14,24H,5-7,10-11,13H2,1-4H3,(H2,25,26,29). The summed E-state index contributed by atoms with van der Waals surface area (Å²) in [5.41, 5.74) is 1.12. The van der Waals surface area contributed by atoms with Crippen LogP contribution in [0.15, 0.2) is 18.2 Å². The Bertz CT molecular complexity index is 904. The molecule has 0 fully saturated rings. The maximum absolute atomic E-state index is 14.0. The lowest BCUT2D eigenvalue weighted by Crippen LogP contribution is -2.30. The third kappa shape index (κ3) is 8.08. The van der Waals surface area contributed by atoms with Gasteiger partial charge in [0.15, 0.2) is 5.56 Å². The number of ether oxygens (including phenoxy) is 2. The number of benzene rings is 1. The average Bonchev–Trinajstić information content (AvgIpc) is 3.13. The summed E-state index contributed by atoms with van der Waals surface area (Å²) < 4.78 is 28.5. The number of unbranched alkanes of at least 4 members (excludes halogenated alkanes) is 2. The van der Waals surface area contributed by atoms with Crippen LogP contribution in [-0.2, 0) is 11.3 Å². The first-order valence-corrected chi connectivity index (χ1v) is 11.3. The topological polar surface area (TPSA) is 102 Å². The highest BCUT2D eigenvalue weighted by atomic mass is 32.1. The van der Waals surface area contributed by atoms with Gasteiger partial charge in [0, 0.05) is 18.2 Å². The number of hydrogen-bond donors (Lipinski definition) is 3. The zero-order valence-corrected chi connectivity index (χ0v) is 19.7. The number of anilines is 1. The van der Waals surface area contributed by atoms with Crippen LogP contribution in [0.5, 0.6) is 5.88 Å². The second-order valence-corrected chi connectivity index (χ2v) is 8.39. The molecule has 0 aliphatic heterocycles. The summed E-state index contributed by atoms with van der Waals surface area (Å²) in [6.07, 6.45) is 2.86.